The average Bonchev–Trinajstić information content (AvgIpc) is 3.06. The number of phenols is 1. The molecule has 0 fully saturated rings. The Kier molecular flexibility index (Phi) is 8.01. The molecular formula is C21H30N4O3S. The van der Waals surface area contributed by atoms with Gasteiger partial charge in [0.15, 0.2) is 5.96 Å². The third kappa shape index (κ3) is 5.93. The summed E-state index contributed by atoms with van der Waals surface area (Å²) in [5, 5.41) is 17.3. The summed E-state index contributed by atoms with van der Waals surface area (Å²) < 4.78 is 5.09. The molecule has 2 rings (SSSR count). The number of rotatable bonds is 7. The average molecular weight is 419 g/mol. The number of hydrogen-bond acceptors (Lipinski definition) is 6. The topological polar surface area (TPSA) is 95.8 Å². The number of benzene rings is 1. The van der Waals surface area contributed by atoms with Gasteiger partial charge in [0, 0.05) is 6.54 Å². The monoisotopic (exact) mass is 418 g/mol. The van der Waals surface area contributed by atoms with Crippen LogP contribution >= 0.6 is 11.3 Å². The maximum atomic E-state index is 12.0. The molecule has 0 amide bonds. The minimum Gasteiger partial charge on any atom is -0.507 e. The SMILES string of the molecule is CCNC(=NCc1cc(C)c(O)c(C)c1)NC(C)c1nc(C)c(C(=O)OCC)s1. The number of aliphatic imine (C=N–C) groups is 1. The van der Waals surface area contributed by atoms with Gasteiger partial charge in [-0.1, -0.05) is 12.1 Å². The molecule has 29 heavy (non-hydrogen) atoms. The lowest BCUT2D eigenvalue weighted by atomic mass is 10.1. The van der Waals surface area contributed by atoms with Crippen molar-refractivity contribution < 1.29 is 14.6 Å². The third-order valence-electron chi connectivity index (χ3n) is 4.31. The van der Waals surface area contributed by atoms with Gasteiger partial charge in [-0.25, -0.2) is 14.8 Å². The molecule has 8 heteroatoms. The number of aryl methyl sites for hydroxylation is 3. The molecule has 1 unspecified atom stereocenters. The second-order valence-corrected chi connectivity index (χ2v) is 7.86. The zero-order chi connectivity index (χ0) is 21.6. The Morgan fingerprint density at radius 1 is 1.28 bits per heavy atom. The summed E-state index contributed by atoms with van der Waals surface area (Å²) in [6, 6.07) is 3.76. The van der Waals surface area contributed by atoms with Crippen LogP contribution in [0.3, 0.4) is 0 Å². The summed E-state index contributed by atoms with van der Waals surface area (Å²) in [5.41, 5.74) is 3.38. The molecule has 0 aliphatic carbocycles. The normalized spacial score (nSPS) is 12.6. The van der Waals surface area contributed by atoms with Gasteiger partial charge in [0.05, 0.1) is 24.9 Å². The highest BCUT2D eigenvalue weighted by Crippen LogP contribution is 2.25. The molecule has 1 atom stereocenters. The van der Waals surface area contributed by atoms with Crippen LogP contribution in [0.15, 0.2) is 17.1 Å². The van der Waals surface area contributed by atoms with Gasteiger partial charge in [0.2, 0.25) is 0 Å². The Labute approximate surface area is 176 Å². The number of guanidine groups is 1. The van der Waals surface area contributed by atoms with Crippen molar-refractivity contribution in [3.8, 4) is 5.75 Å². The van der Waals surface area contributed by atoms with E-state index >= 15 is 0 Å². The van der Waals surface area contributed by atoms with Gasteiger partial charge in [-0.3, -0.25) is 0 Å². The van der Waals surface area contributed by atoms with Gasteiger partial charge in [0.25, 0.3) is 0 Å². The van der Waals surface area contributed by atoms with Gasteiger partial charge in [-0.15, -0.1) is 11.3 Å². The van der Waals surface area contributed by atoms with Crippen molar-refractivity contribution in [3.63, 3.8) is 0 Å². The Morgan fingerprint density at radius 3 is 2.52 bits per heavy atom. The van der Waals surface area contributed by atoms with Crippen LogP contribution in [0.25, 0.3) is 0 Å². The number of ether oxygens (including phenoxy) is 1. The Bertz CT molecular complexity index is 869. The zero-order valence-corrected chi connectivity index (χ0v) is 18.7. The van der Waals surface area contributed by atoms with E-state index < -0.39 is 0 Å². The Hall–Kier alpha value is -2.61. The van der Waals surface area contributed by atoms with Crippen LogP contribution in [-0.4, -0.2) is 35.2 Å². The van der Waals surface area contributed by atoms with Crippen molar-refractivity contribution in [3.05, 3.63) is 44.4 Å². The summed E-state index contributed by atoms with van der Waals surface area (Å²) in [6.07, 6.45) is 0. The number of carbonyl (C=O) groups is 1. The minimum absolute atomic E-state index is 0.122. The number of nitrogens with one attached hydrogen (secondary N) is 2. The first-order valence-corrected chi connectivity index (χ1v) is 10.6. The molecule has 0 bridgehead atoms. The second kappa shape index (κ2) is 10.2. The summed E-state index contributed by atoms with van der Waals surface area (Å²) in [5.74, 6) is 0.654. The number of hydrogen-bond donors (Lipinski definition) is 3. The summed E-state index contributed by atoms with van der Waals surface area (Å²) in [4.78, 5) is 21.7. The fourth-order valence-corrected chi connectivity index (χ4v) is 3.85. The van der Waals surface area contributed by atoms with Crippen molar-refractivity contribution in [1.82, 2.24) is 15.6 Å². The predicted octanol–water partition coefficient (Wildman–Crippen LogP) is 3.77. The van der Waals surface area contributed by atoms with Gasteiger partial charge in [-0.2, -0.15) is 0 Å². The maximum Gasteiger partial charge on any atom is 0.350 e. The van der Waals surface area contributed by atoms with Crippen LogP contribution in [0.1, 0.15) is 63.9 Å². The maximum absolute atomic E-state index is 12.0. The van der Waals surface area contributed by atoms with Crippen molar-refractivity contribution in [2.24, 2.45) is 4.99 Å². The Morgan fingerprint density at radius 2 is 1.93 bits per heavy atom. The van der Waals surface area contributed by atoms with Crippen molar-refractivity contribution >= 4 is 23.3 Å². The second-order valence-electron chi connectivity index (χ2n) is 6.83. The molecule has 0 radical (unpaired) electrons. The van der Waals surface area contributed by atoms with Crippen molar-refractivity contribution in [2.45, 2.75) is 54.1 Å². The number of thiazole rings is 1. The molecule has 0 aliphatic rings. The molecule has 1 heterocycles. The Balaban J connectivity index is 2.14. The molecule has 2 aromatic rings. The van der Waals surface area contributed by atoms with Crippen LogP contribution in [-0.2, 0) is 11.3 Å². The number of carbonyl (C=O) groups excluding carboxylic acids is 1. The van der Waals surface area contributed by atoms with Crippen LogP contribution in [0.2, 0.25) is 0 Å². The van der Waals surface area contributed by atoms with E-state index in [-0.39, 0.29) is 12.0 Å². The molecule has 1 aromatic heterocycles. The standard InChI is InChI=1S/C21H30N4O3S/c1-7-22-21(23-11-16-9-12(3)17(26)13(4)10-16)25-15(6)19-24-14(5)18(29-19)20(27)28-8-2/h9-10,15,26H,7-8,11H2,1-6H3,(H2,22,23,25). The number of esters is 1. The van der Waals surface area contributed by atoms with E-state index in [9.17, 15) is 9.90 Å². The molecule has 0 saturated heterocycles. The number of aromatic hydroxyl groups is 1. The van der Waals surface area contributed by atoms with Crippen LogP contribution in [0.4, 0.5) is 0 Å². The van der Waals surface area contributed by atoms with E-state index in [1.54, 1.807) is 6.92 Å². The lowest BCUT2D eigenvalue weighted by Gasteiger charge is -2.16. The number of nitrogens with zero attached hydrogens (tertiary/aromatic N) is 2. The van der Waals surface area contributed by atoms with Gasteiger partial charge in [0.1, 0.15) is 15.6 Å². The van der Waals surface area contributed by atoms with E-state index in [4.69, 9.17) is 4.74 Å². The summed E-state index contributed by atoms with van der Waals surface area (Å²) >= 11 is 1.34. The lowest BCUT2D eigenvalue weighted by Crippen LogP contribution is -2.38. The largest absolute Gasteiger partial charge is 0.507 e. The highest BCUT2D eigenvalue weighted by molar-refractivity contribution is 7.13. The van der Waals surface area contributed by atoms with E-state index in [0.29, 0.717) is 35.4 Å². The van der Waals surface area contributed by atoms with E-state index in [1.807, 2.05) is 46.8 Å². The van der Waals surface area contributed by atoms with Crippen molar-refractivity contribution in [2.75, 3.05) is 13.2 Å². The number of aromatic nitrogens is 1. The summed E-state index contributed by atoms with van der Waals surface area (Å²) in [6.45, 7) is 12.9. The van der Waals surface area contributed by atoms with Crippen LogP contribution in [0, 0.1) is 20.8 Å². The van der Waals surface area contributed by atoms with Crippen LogP contribution in [0.5, 0.6) is 5.75 Å². The van der Waals surface area contributed by atoms with E-state index in [0.717, 1.165) is 28.2 Å². The van der Waals surface area contributed by atoms with Crippen LogP contribution < -0.4 is 10.6 Å². The molecular weight excluding hydrogens is 388 g/mol. The lowest BCUT2D eigenvalue weighted by molar-refractivity contribution is 0.0531. The first-order chi connectivity index (χ1) is 13.8. The van der Waals surface area contributed by atoms with Gasteiger partial charge < -0.3 is 20.5 Å². The van der Waals surface area contributed by atoms with Crippen molar-refractivity contribution in [1.29, 1.82) is 0 Å². The molecule has 0 saturated carbocycles. The molecule has 0 spiro atoms. The smallest absolute Gasteiger partial charge is 0.350 e. The highest BCUT2D eigenvalue weighted by atomic mass is 32.1. The van der Waals surface area contributed by atoms with Gasteiger partial charge in [-0.05, 0) is 58.2 Å². The first kappa shape index (κ1) is 22.7. The molecule has 1 aromatic carbocycles. The minimum atomic E-state index is -0.334. The quantitative estimate of drug-likeness (QED) is 0.360. The van der Waals surface area contributed by atoms with E-state index in [1.165, 1.54) is 11.3 Å². The fourth-order valence-electron chi connectivity index (χ4n) is 2.88. The first-order valence-electron chi connectivity index (χ1n) is 9.75. The molecule has 0 aliphatic heterocycles. The predicted molar refractivity (Wildman–Crippen MR) is 117 cm³/mol. The molecule has 158 valence electrons. The third-order valence-corrected chi connectivity index (χ3v) is 5.63. The number of phenolic OH excluding ortho intramolecular Hbond substituents is 1. The highest BCUT2D eigenvalue weighted by Gasteiger charge is 2.20. The van der Waals surface area contributed by atoms with Gasteiger partial charge >= 0.3 is 5.97 Å². The summed E-state index contributed by atoms with van der Waals surface area (Å²) in [7, 11) is 0. The fraction of sp³-hybridized carbons (Fsp3) is 0.476. The zero-order valence-electron chi connectivity index (χ0n) is 17.9. The molecule has 3 N–H and O–H groups in total. The van der Waals surface area contributed by atoms with E-state index in [2.05, 4.69) is 20.6 Å². The molecule has 7 nitrogen and oxygen atoms in total.